The standard InChI is InChI=1S/C18H17NO/c1-12-6-5-7-14(10-12)11-13(2)17-15-8-3-4-9-16(15)19-18(17)20/h3-10,13H,11H2,1-2H3. The monoisotopic (exact) mass is 263 g/mol. The van der Waals surface area contributed by atoms with Gasteiger partial charge in [-0.3, -0.25) is 4.79 Å². The van der Waals surface area contributed by atoms with E-state index in [-0.39, 0.29) is 11.8 Å². The van der Waals surface area contributed by atoms with Crippen LogP contribution in [-0.2, 0) is 11.2 Å². The average molecular weight is 263 g/mol. The Morgan fingerprint density at radius 2 is 1.90 bits per heavy atom. The van der Waals surface area contributed by atoms with Crippen molar-refractivity contribution < 1.29 is 4.79 Å². The van der Waals surface area contributed by atoms with E-state index in [0.29, 0.717) is 0 Å². The number of para-hydroxylation sites is 1. The molecule has 1 atom stereocenters. The number of nitrogens with zero attached hydrogens (tertiary/aromatic N) is 1. The van der Waals surface area contributed by atoms with Gasteiger partial charge in [0, 0.05) is 10.8 Å². The van der Waals surface area contributed by atoms with Crippen LogP contribution in [0.5, 0.6) is 0 Å². The molecule has 1 heterocycles. The van der Waals surface area contributed by atoms with Crippen LogP contribution in [0.1, 0.15) is 18.1 Å². The molecule has 0 bridgehead atoms. The predicted molar refractivity (Wildman–Crippen MR) is 79.7 cm³/mol. The molecule has 0 spiro atoms. The molecule has 2 aromatic carbocycles. The molecule has 0 aliphatic carbocycles. The Morgan fingerprint density at radius 1 is 1.10 bits per heavy atom. The van der Waals surface area contributed by atoms with Crippen molar-refractivity contribution in [2.75, 3.05) is 0 Å². The Hall–Kier alpha value is -2.22. The van der Waals surface area contributed by atoms with Crippen molar-refractivity contribution in [3.8, 4) is 0 Å². The molecule has 3 rings (SSSR count). The summed E-state index contributed by atoms with van der Waals surface area (Å²) < 4.78 is 0. The van der Waals surface area contributed by atoms with E-state index in [1.807, 2.05) is 24.3 Å². The van der Waals surface area contributed by atoms with Gasteiger partial charge in [-0.25, -0.2) is 4.99 Å². The molecule has 1 amide bonds. The van der Waals surface area contributed by atoms with Crippen LogP contribution in [0.4, 0.5) is 0 Å². The van der Waals surface area contributed by atoms with Gasteiger partial charge in [0.25, 0.3) is 5.91 Å². The zero-order chi connectivity index (χ0) is 14.1. The summed E-state index contributed by atoms with van der Waals surface area (Å²) >= 11 is 0. The maximum Gasteiger partial charge on any atom is 0.274 e. The minimum atomic E-state index is -0.0775. The topological polar surface area (TPSA) is 29.4 Å². The average Bonchev–Trinajstić information content (AvgIpc) is 2.74. The molecule has 2 heteroatoms. The molecule has 0 N–H and O–H groups in total. The van der Waals surface area contributed by atoms with Gasteiger partial charge in [0.15, 0.2) is 0 Å². The molecular formula is C18H17NO. The summed E-state index contributed by atoms with van der Waals surface area (Å²) in [4.78, 5) is 16.3. The molecule has 2 aromatic rings. The zero-order valence-corrected chi connectivity index (χ0v) is 11.8. The highest BCUT2D eigenvalue weighted by Crippen LogP contribution is 2.19. The molecule has 2 nitrogen and oxygen atoms in total. The van der Waals surface area contributed by atoms with Crippen LogP contribution in [0.25, 0.3) is 5.57 Å². The Balaban J connectivity index is 1.98. The first-order valence-electron chi connectivity index (χ1n) is 6.93. The zero-order valence-electron chi connectivity index (χ0n) is 11.8. The minimum Gasteiger partial charge on any atom is -0.267 e. The molecule has 0 fully saturated rings. The third-order valence-electron chi connectivity index (χ3n) is 3.76. The van der Waals surface area contributed by atoms with Gasteiger partial charge in [0.1, 0.15) is 0 Å². The molecule has 0 radical (unpaired) electrons. The fourth-order valence-corrected chi connectivity index (χ4v) is 2.85. The number of rotatable bonds is 3. The van der Waals surface area contributed by atoms with Gasteiger partial charge >= 0.3 is 0 Å². The van der Waals surface area contributed by atoms with E-state index in [9.17, 15) is 4.79 Å². The van der Waals surface area contributed by atoms with Gasteiger partial charge in [0.05, 0.1) is 5.36 Å². The van der Waals surface area contributed by atoms with Crippen molar-refractivity contribution in [2.45, 2.75) is 20.3 Å². The second-order valence-corrected chi connectivity index (χ2v) is 5.44. The van der Waals surface area contributed by atoms with Crippen LogP contribution >= 0.6 is 0 Å². The SMILES string of the molecule is Cc1cccc(CC(C)C2=c3ccccc3=NC2=O)c1. The van der Waals surface area contributed by atoms with E-state index >= 15 is 0 Å². The van der Waals surface area contributed by atoms with Crippen molar-refractivity contribution in [2.24, 2.45) is 10.9 Å². The summed E-state index contributed by atoms with van der Waals surface area (Å²) in [5.41, 5.74) is 3.37. The molecule has 1 aliphatic heterocycles. The van der Waals surface area contributed by atoms with Crippen molar-refractivity contribution >= 4 is 11.5 Å². The summed E-state index contributed by atoms with van der Waals surface area (Å²) in [6.45, 7) is 4.19. The Labute approximate surface area is 118 Å². The number of carbonyl (C=O) groups is 1. The lowest BCUT2D eigenvalue weighted by Crippen LogP contribution is -2.24. The summed E-state index contributed by atoms with van der Waals surface area (Å²) in [5.74, 6) is 0.100. The lowest BCUT2D eigenvalue weighted by atomic mass is 9.91. The van der Waals surface area contributed by atoms with Crippen molar-refractivity contribution in [3.05, 3.63) is 70.2 Å². The lowest BCUT2D eigenvalue weighted by Gasteiger charge is -2.12. The number of hydrogen-bond donors (Lipinski definition) is 0. The van der Waals surface area contributed by atoms with Crippen LogP contribution in [-0.4, -0.2) is 5.91 Å². The smallest absolute Gasteiger partial charge is 0.267 e. The summed E-state index contributed by atoms with van der Waals surface area (Å²) in [6, 6.07) is 16.2. The molecule has 100 valence electrons. The van der Waals surface area contributed by atoms with Crippen LogP contribution in [0, 0.1) is 12.8 Å². The van der Waals surface area contributed by atoms with Crippen LogP contribution in [0.2, 0.25) is 0 Å². The fourth-order valence-electron chi connectivity index (χ4n) is 2.85. The Morgan fingerprint density at radius 3 is 2.70 bits per heavy atom. The maximum absolute atomic E-state index is 12.1. The third-order valence-corrected chi connectivity index (χ3v) is 3.76. The third kappa shape index (κ3) is 2.29. The first-order chi connectivity index (χ1) is 9.65. The Kier molecular flexibility index (Phi) is 3.23. The van der Waals surface area contributed by atoms with E-state index < -0.39 is 0 Å². The van der Waals surface area contributed by atoms with Crippen molar-refractivity contribution in [1.82, 2.24) is 0 Å². The first kappa shape index (κ1) is 12.8. The highest BCUT2D eigenvalue weighted by atomic mass is 16.1. The number of fused-ring (bicyclic) bond motifs is 1. The molecule has 1 aliphatic rings. The van der Waals surface area contributed by atoms with Gasteiger partial charge in [0.2, 0.25) is 0 Å². The van der Waals surface area contributed by atoms with E-state index in [0.717, 1.165) is 22.6 Å². The summed E-state index contributed by atoms with van der Waals surface area (Å²) in [6.07, 6.45) is 0.868. The number of aryl methyl sites for hydroxylation is 1. The van der Waals surface area contributed by atoms with E-state index in [1.54, 1.807) is 0 Å². The quantitative estimate of drug-likeness (QED) is 0.834. The highest BCUT2D eigenvalue weighted by Gasteiger charge is 2.22. The lowest BCUT2D eigenvalue weighted by molar-refractivity contribution is -0.113. The summed E-state index contributed by atoms with van der Waals surface area (Å²) in [5, 5.41) is 1.81. The van der Waals surface area contributed by atoms with Gasteiger partial charge in [-0.2, -0.15) is 0 Å². The second-order valence-electron chi connectivity index (χ2n) is 5.44. The van der Waals surface area contributed by atoms with Gasteiger partial charge in [-0.05, 0) is 30.9 Å². The van der Waals surface area contributed by atoms with Crippen molar-refractivity contribution in [1.29, 1.82) is 0 Å². The van der Waals surface area contributed by atoms with Crippen LogP contribution < -0.4 is 10.6 Å². The maximum atomic E-state index is 12.1. The number of benzene rings is 2. The normalized spacial score (nSPS) is 14.9. The minimum absolute atomic E-state index is 0.0775. The largest absolute Gasteiger partial charge is 0.274 e. The number of hydrogen-bond acceptors (Lipinski definition) is 1. The summed E-state index contributed by atoms with van der Waals surface area (Å²) in [7, 11) is 0. The Bertz CT molecular complexity index is 789. The van der Waals surface area contributed by atoms with Crippen molar-refractivity contribution in [3.63, 3.8) is 0 Å². The molecule has 1 unspecified atom stereocenters. The van der Waals surface area contributed by atoms with Crippen LogP contribution in [0.3, 0.4) is 0 Å². The number of carbonyl (C=O) groups excluding carboxylic acids is 1. The van der Waals surface area contributed by atoms with E-state index in [1.165, 1.54) is 11.1 Å². The van der Waals surface area contributed by atoms with Gasteiger partial charge < -0.3 is 0 Å². The molecule has 0 saturated heterocycles. The highest BCUT2D eigenvalue weighted by molar-refractivity contribution is 6.15. The van der Waals surface area contributed by atoms with E-state index in [2.05, 4.69) is 43.1 Å². The fraction of sp³-hybridized carbons (Fsp3) is 0.222. The van der Waals surface area contributed by atoms with Gasteiger partial charge in [-0.1, -0.05) is 55.0 Å². The molecule has 0 aromatic heterocycles. The van der Waals surface area contributed by atoms with E-state index in [4.69, 9.17) is 0 Å². The second kappa shape index (κ2) is 5.04. The van der Waals surface area contributed by atoms with Gasteiger partial charge in [-0.15, -0.1) is 0 Å². The molecule has 20 heavy (non-hydrogen) atoms. The first-order valence-corrected chi connectivity index (χ1v) is 6.93. The number of amides is 1. The van der Waals surface area contributed by atoms with Crippen LogP contribution in [0.15, 0.2) is 53.5 Å². The molecular weight excluding hydrogens is 246 g/mol. The predicted octanol–water partition coefficient (Wildman–Crippen LogP) is 2.18. The molecule has 0 saturated carbocycles.